The van der Waals surface area contributed by atoms with Crippen molar-refractivity contribution in [3.63, 3.8) is 0 Å². The predicted octanol–water partition coefficient (Wildman–Crippen LogP) is 8.20. The first-order chi connectivity index (χ1) is 17.7. The first-order valence-corrected chi connectivity index (χ1v) is 12.0. The lowest BCUT2D eigenvalue weighted by molar-refractivity contribution is 0.0979. The number of ketones is 2. The first kappa shape index (κ1) is 20.5. The average Bonchev–Trinajstić information content (AvgIpc) is 2.95. The van der Waals surface area contributed by atoms with E-state index in [1.807, 2.05) is 0 Å². The lowest BCUT2D eigenvalue weighted by Crippen LogP contribution is -2.20. The van der Waals surface area contributed by atoms with Crippen molar-refractivity contribution in [3.05, 3.63) is 144 Å². The van der Waals surface area contributed by atoms with Gasteiger partial charge in [0, 0.05) is 22.3 Å². The molecule has 0 radical (unpaired) electrons. The van der Waals surface area contributed by atoms with Gasteiger partial charge in [-0.1, -0.05) is 121 Å². The van der Waals surface area contributed by atoms with Crippen LogP contribution >= 0.6 is 0 Å². The first-order valence-electron chi connectivity index (χ1n) is 12.0. The minimum absolute atomic E-state index is 0.0641. The van der Waals surface area contributed by atoms with Gasteiger partial charge in [0.1, 0.15) is 0 Å². The van der Waals surface area contributed by atoms with Gasteiger partial charge in [-0.25, -0.2) is 0 Å². The van der Waals surface area contributed by atoms with Crippen molar-refractivity contribution in [2.75, 3.05) is 0 Å². The van der Waals surface area contributed by atoms with Crippen LogP contribution in [0.3, 0.4) is 0 Å². The maximum Gasteiger partial charge on any atom is 0.194 e. The van der Waals surface area contributed by atoms with Crippen LogP contribution in [0.15, 0.2) is 121 Å². The Morgan fingerprint density at radius 1 is 0.306 bits per heavy atom. The summed E-state index contributed by atoms with van der Waals surface area (Å²) in [7, 11) is 0. The average molecular weight is 461 g/mol. The minimum atomic E-state index is -0.0641. The molecular formula is C34H20O2. The van der Waals surface area contributed by atoms with Crippen LogP contribution in [0, 0.1) is 0 Å². The third kappa shape index (κ3) is 2.91. The van der Waals surface area contributed by atoms with E-state index in [1.54, 1.807) is 48.5 Å². The van der Waals surface area contributed by atoms with E-state index in [0.29, 0.717) is 22.3 Å². The molecule has 0 fully saturated rings. The van der Waals surface area contributed by atoms with Gasteiger partial charge in [-0.3, -0.25) is 9.59 Å². The molecule has 0 saturated carbocycles. The van der Waals surface area contributed by atoms with Crippen LogP contribution in [-0.4, -0.2) is 11.6 Å². The molecule has 1 aliphatic carbocycles. The number of hydrogen-bond donors (Lipinski definition) is 0. The summed E-state index contributed by atoms with van der Waals surface area (Å²) in [5, 5.41) is 10.9. The molecule has 2 heteroatoms. The number of carbonyl (C=O) groups excluding carboxylic acids is 2. The molecule has 1 aliphatic rings. The van der Waals surface area contributed by atoms with Crippen LogP contribution < -0.4 is 0 Å². The molecule has 8 rings (SSSR count). The predicted molar refractivity (Wildman–Crippen MR) is 147 cm³/mol. The van der Waals surface area contributed by atoms with Crippen molar-refractivity contribution in [3.8, 4) is 0 Å². The van der Waals surface area contributed by atoms with Crippen molar-refractivity contribution >= 4 is 54.7 Å². The van der Waals surface area contributed by atoms with Gasteiger partial charge in [0.2, 0.25) is 0 Å². The van der Waals surface area contributed by atoms with Gasteiger partial charge in [0.15, 0.2) is 11.6 Å². The van der Waals surface area contributed by atoms with Crippen LogP contribution in [0.1, 0.15) is 31.8 Å². The third-order valence-electron chi connectivity index (χ3n) is 7.22. The number of fused-ring (bicyclic) bond motifs is 4. The van der Waals surface area contributed by atoms with Gasteiger partial charge in [-0.05, 0) is 43.1 Å². The fourth-order valence-electron chi connectivity index (χ4n) is 5.63. The highest BCUT2D eigenvalue weighted by atomic mass is 16.1. The monoisotopic (exact) mass is 460 g/mol. The molecule has 7 aromatic rings. The Morgan fingerprint density at radius 2 is 0.583 bits per heavy atom. The molecule has 7 aromatic carbocycles. The van der Waals surface area contributed by atoms with E-state index in [0.717, 1.165) is 0 Å². The summed E-state index contributed by atoms with van der Waals surface area (Å²) in [5.41, 5.74) is 2.02. The lowest BCUT2D eigenvalue weighted by atomic mass is 9.84. The van der Waals surface area contributed by atoms with Crippen molar-refractivity contribution in [1.82, 2.24) is 0 Å². The second kappa shape index (κ2) is 7.86. The summed E-state index contributed by atoms with van der Waals surface area (Å²) in [4.78, 5) is 24.2. The summed E-state index contributed by atoms with van der Waals surface area (Å²) < 4.78 is 0. The Balaban J connectivity index is 0.000000126. The zero-order valence-corrected chi connectivity index (χ0v) is 19.4. The highest BCUT2D eigenvalue weighted by molar-refractivity contribution is 6.32. The van der Waals surface area contributed by atoms with Crippen molar-refractivity contribution < 1.29 is 9.59 Å². The Kier molecular flexibility index (Phi) is 4.49. The SMILES string of the molecule is O=C1c2ccccc2C(=O)c2ccccc21.c1cc2cccc3c4cccc5cccc(c(c1)c23)c54. The molecule has 0 saturated heterocycles. The smallest absolute Gasteiger partial charge is 0.194 e. The van der Waals surface area contributed by atoms with E-state index in [2.05, 4.69) is 72.8 Å². The van der Waals surface area contributed by atoms with Crippen molar-refractivity contribution in [2.45, 2.75) is 0 Å². The largest absolute Gasteiger partial charge is 0.289 e. The summed E-state index contributed by atoms with van der Waals surface area (Å²) in [6.45, 7) is 0. The van der Waals surface area contributed by atoms with E-state index >= 15 is 0 Å². The number of hydrogen-bond acceptors (Lipinski definition) is 2. The number of carbonyl (C=O) groups is 2. The highest BCUT2D eigenvalue weighted by Crippen LogP contribution is 2.39. The molecule has 168 valence electrons. The molecule has 0 spiro atoms. The zero-order valence-electron chi connectivity index (χ0n) is 19.4. The van der Waals surface area contributed by atoms with Crippen LogP contribution in [0.4, 0.5) is 0 Å². The third-order valence-corrected chi connectivity index (χ3v) is 7.22. The van der Waals surface area contributed by atoms with Crippen molar-refractivity contribution in [1.29, 1.82) is 0 Å². The second-order valence-corrected chi connectivity index (χ2v) is 9.17. The van der Waals surface area contributed by atoms with Gasteiger partial charge >= 0.3 is 0 Å². The Hall–Kier alpha value is -4.82. The normalized spacial score (nSPS) is 12.6. The number of benzene rings is 7. The Bertz CT molecular complexity index is 1700. The minimum Gasteiger partial charge on any atom is -0.289 e. The second-order valence-electron chi connectivity index (χ2n) is 9.17. The zero-order chi connectivity index (χ0) is 24.2. The van der Waals surface area contributed by atoms with E-state index in [1.165, 1.54) is 43.1 Å². The Morgan fingerprint density at radius 3 is 0.861 bits per heavy atom. The summed E-state index contributed by atoms with van der Waals surface area (Å²) in [6, 6.07) is 40.4. The topological polar surface area (TPSA) is 34.1 Å². The van der Waals surface area contributed by atoms with E-state index in [-0.39, 0.29) is 11.6 Å². The molecular weight excluding hydrogens is 440 g/mol. The fourth-order valence-corrected chi connectivity index (χ4v) is 5.63. The molecule has 36 heavy (non-hydrogen) atoms. The summed E-state index contributed by atoms with van der Waals surface area (Å²) in [6.07, 6.45) is 0. The molecule has 0 aromatic heterocycles. The van der Waals surface area contributed by atoms with Gasteiger partial charge in [-0.2, -0.15) is 0 Å². The van der Waals surface area contributed by atoms with E-state index < -0.39 is 0 Å². The van der Waals surface area contributed by atoms with Gasteiger partial charge in [0.05, 0.1) is 0 Å². The van der Waals surface area contributed by atoms with Crippen LogP contribution in [0.2, 0.25) is 0 Å². The van der Waals surface area contributed by atoms with E-state index in [9.17, 15) is 9.59 Å². The van der Waals surface area contributed by atoms with Gasteiger partial charge < -0.3 is 0 Å². The maximum absolute atomic E-state index is 12.1. The highest BCUT2D eigenvalue weighted by Gasteiger charge is 2.28. The summed E-state index contributed by atoms with van der Waals surface area (Å²) >= 11 is 0. The molecule has 0 heterocycles. The van der Waals surface area contributed by atoms with Gasteiger partial charge in [0.25, 0.3) is 0 Å². The fraction of sp³-hybridized carbons (Fsp3) is 0. The standard InChI is InChI=1S/C20H12.C14H8O2/c1-5-13-6-2-11-17-18-12-4-8-14-7-3-10-16(20(14)18)15(9-1)19(13)17;15-13-9-5-1-2-6-10(9)14(16)12-8-4-3-7-11(12)13/h1-12H;1-8H. The molecule has 0 N–H and O–H groups in total. The quantitative estimate of drug-likeness (QED) is 0.169. The molecule has 0 bridgehead atoms. The molecule has 0 amide bonds. The molecule has 0 aliphatic heterocycles. The summed E-state index contributed by atoms with van der Waals surface area (Å²) in [5.74, 6) is -0.128. The van der Waals surface area contributed by atoms with Crippen LogP contribution in [0.25, 0.3) is 43.1 Å². The van der Waals surface area contributed by atoms with Gasteiger partial charge in [-0.15, -0.1) is 0 Å². The van der Waals surface area contributed by atoms with Crippen LogP contribution in [-0.2, 0) is 0 Å². The maximum atomic E-state index is 12.1. The lowest BCUT2D eigenvalue weighted by Gasteiger charge is -2.16. The molecule has 0 atom stereocenters. The van der Waals surface area contributed by atoms with Crippen molar-refractivity contribution in [2.24, 2.45) is 0 Å². The van der Waals surface area contributed by atoms with E-state index in [4.69, 9.17) is 0 Å². The number of rotatable bonds is 0. The van der Waals surface area contributed by atoms with Crippen LogP contribution in [0.5, 0.6) is 0 Å². The Labute approximate surface area is 207 Å². The molecule has 2 nitrogen and oxygen atoms in total. The molecule has 0 unspecified atom stereocenters.